The van der Waals surface area contributed by atoms with Crippen LogP contribution < -0.4 is 0 Å². The molecule has 4 saturated heterocycles. The number of fused-ring (bicyclic) bond motifs is 7. The predicted molar refractivity (Wildman–Crippen MR) is 178 cm³/mol. The third kappa shape index (κ3) is 5.83. The summed E-state index contributed by atoms with van der Waals surface area (Å²) in [6.07, 6.45) is -4.47. The SMILES string of the molecule is C[C@@H]1CC[C@@]2(OC1)O[C@H]1C[C@H]3[C@@H]4CC=C5CC(O[C@@H]6OC(CO)[C@@H](O)C(O)[C@@H]6O[C@@H]6OC(O)[C@H](O)C(O)[C@@H]6O)CC[C@]5(C)[C@H]4CC[C@]3(C)[C@H]1[C@@H]2C. The summed E-state index contributed by atoms with van der Waals surface area (Å²) < 4.78 is 36.9. The molecular formula is C38H60O13. The molecule has 13 nitrogen and oxygen atoms in total. The Balaban J connectivity index is 0.964. The lowest BCUT2D eigenvalue weighted by Gasteiger charge is -2.58. The van der Waals surface area contributed by atoms with E-state index in [2.05, 4.69) is 33.8 Å². The third-order valence-electron chi connectivity index (χ3n) is 15.3. The van der Waals surface area contributed by atoms with E-state index >= 15 is 0 Å². The topological polar surface area (TPSA) is 197 Å². The Morgan fingerprint density at radius 3 is 2.33 bits per heavy atom. The number of aliphatic hydroxyl groups is 7. The largest absolute Gasteiger partial charge is 0.394 e. The van der Waals surface area contributed by atoms with Crippen LogP contribution in [0.4, 0.5) is 0 Å². The van der Waals surface area contributed by atoms with E-state index in [1.54, 1.807) is 0 Å². The molecule has 8 rings (SSSR count). The summed E-state index contributed by atoms with van der Waals surface area (Å²) in [6, 6.07) is 0. The molecule has 4 aliphatic carbocycles. The van der Waals surface area contributed by atoms with E-state index in [0.29, 0.717) is 41.9 Å². The second-order valence-corrected chi connectivity index (χ2v) is 18.0. The highest BCUT2D eigenvalue weighted by atomic mass is 16.8. The maximum Gasteiger partial charge on any atom is 0.189 e. The molecule has 8 aliphatic rings. The second-order valence-electron chi connectivity index (χ2n) is 18.0. The van der Waals surface area contributed by atoms with Gasteiger partial charge in [-0.05, 0) is 91.8 Å². The zero-order valence-corrected chi connectivity index (χ0v) is 30.3. The molecular weight excluding hydrogens is 664 g/mol. The standard InChI is InChI=1S/C38H60O13/c1-17-7-12-38(46-16-17)18(2)26-24(51-38)14-23-21-6-5-19-13-20(8-10-36(19,3)22(21)9-11-37(23,26)4)47-35-32(29(42)27(40)25(15-39)48-35)49-34-31(44)28(41)30(43)33(45)50-34/h5,17-18,20-35,39-45H,6-16H2,1-4H3/t17-,18+,20?,21-,22+,23+,24+,25?,26+,27-,28?,29?,30-,31+,32+,33?,34-,35-,36+,37+,38-/m1/s1. The van der Waals surface area contributed by atoms with Crippen molar-refractivity contribution in [2.75, 3.05) is 13.2 Å². The highest BCUT2D eigenvalue weighted by Gasteiger charge is 2.68. The summed E-state index contributed by atoms with van der Waals surface area (Å²) >= 11 is 0. The molecule has 1 spiro atoms. The van der Waals surface area contributed by atoms with E-state index in [-0.39, 0.29) is 23.0 Å². The lowest BCUT2D eigenvalue weighted by atomic mass is 9.47. The van der Waals surface area contributed by atoms with Crippen molar-refractivity contribution < 1.29 is 64.2 Å². The maximum atomic E-state index is 11.1. The van der Waals surface area contributed by atoms with Crippen molar-refractivity contribution in [2.45, 2.75) is 165 Å². The first-order chi connectivity index (χ1) is 24.2. The minimum absolute atomic E-state index is 0.0257. The second kappa shape index (κ2) is 13.5. The van der Waals surface area contributed by atoms with E-state index in [9.17, 15) is 35.7 Å². The number of hydrogen-bond donors (Lipinski definition) is 7. The average molecular weight is 725 g/mol. The molecule has 13 heteroatoms. The summed E-state index contributed by atoms with van der Waals surface area (Å²) in [5.74, 6) is 2.82. The van der Waals surface area contributed by atoms with Crippen LogP contribution in [0.1, 0.15) is 85.5 Å². The summed E-state index contributed by atoms with van der Waals surface area (Å²) in [4.78, 5) is 0. The summed E-state index contributed by atoms with van der Waals surface area (Å²) in [5.41, 5.74) is 1.62. The molecule has 3 saturated carbocycles. The number of aliphatic hydroxyl groups excluding tert-OH is 7. The van der Waals surface area contributed by atoms with Gasteiger partial charge in [0, 0.05) is 12.3 Å². The fourth-order valence-corrected chi connectivity index (χ4v) is 12.4. The number of ether oxygens (including phenoxy) is 6. The van der Waals surface area contributed by atoms with E-state index in [4.69, 9.17) is 28.4 Å². The van der Waals surface area contributed by atoms with Crippen LogP contribution in [0.2, 0.25) is 0 Å². The Bertz CT molecular complexity index is 1310. The van der Waals surface area contributed by atoms with Crippen LogP contribution in [-0.4, -0.2) is 129 Å². The smallest absolute Gasteiger partial charge is 0.189 e. The summed E-state index contributed by atoms with van der Waals surface area (Å²) in [7, 11) is 0. The van der Waals surface area contributed by atoms with Crippen LogP contribution in [0, 0.1) is 46.3 Å². The minimum Gasteiger partial charge on any atom is -0.394 e. The van der Waals surface area contributed by atoms with Gasteiger partial charge in [-0.1, -0.05) is 39.3 Å². The van der Waals surface area contributed by atoms with Crippen molar-refractivity contribution in [1.82, 2.24) is 0 Å². The van der Waals surface area contributed by atoms with Crippen LogP contribution in [-0.2, 0) is 28.4 Å². The summed E-state index contributed by atoms with van der Waals surface area (Å²) in [5, 5.41) is 72.3. The number of hydrogen-bond acceptors (Lipinski definition) is 13. The van der Waals surface area contributed by atoms with Crippen LogP contribution in [0.15, 0.2) is 11.6 Å². The zero-order chi connectivity index (χ0) is 36.2. The molecule has 7 fully saturated rings. The van der Waals surface area contributed by atoms with E-state index in [1.807, 2.05) is 0 Å². The Morgan fingerprint density at radius 2 is 1.61 bits per heavy atom. The van der Waals surface area contributed by atoms with Gasteiger partial charge in [0.05, 0.1) is 25.4 Å². The van der Waals surface area contributed by atoms with Gasteiger partial charge in [0.25, 0.3) is 0 Å². The fourth-order valence-electron chi connectivity index (χ4n) is 12.4. The first-order valence-electron chi connectivity index (χ1n) is 19.5. The highest BCUT2D eigenvalue weighted by Crippen LogP contribution is 2.70. The van der Waals surface area contributed by atoms with Crippen molar-refractivity contribution in [2.24, 2.45) is 46.3 Å². The molecule has 7 N–H and O–H groups in total. The minimum atomic E-state index is -1.86. The third-order valence-corrected chi connectivity index (χ3v) is 15.3. The van der Waals surface area contributed by atoms with Gasteiger partial charge in [0.15, 0.2) is 24.7 Å². The van der Waals surface area contributed by atoms with Gasteiger partial charge in [-0.15, -0.1) is 0 Å². The quantitative estimate of drug-likeness (QED) is 0.201. The monoisotopic (exact) mass is 724 g/mol. The molecule has 0 amide bonds. The molecule has 5 unspecified atom stereocenters. The lowest BCUT2D eigenvalue weighted by Crippen LogP contribution is -2.64. The molecule has 4 heterocycles. The molecule has 51 heavy (non-hydrogen) atoms. The van der Waals surface area contributed by atoms with E-state index < -0.39 is 74.0 Å². The first-order valence-corrected chi connectivity index (χ1v) is 19.5. The van der Waals surface area contributed by atoms with Crippen molar-refractivity contribution in [3.8, 4) is 0 Å². The Labute approximate surface area is 300 Å². The van der Waals surface area contributed by atoms with Crippen LogP contribution in [0.3, 0.4) is 0 Å². The molecule has 290 valence electrons. The van der Waals surface area contributed by atoms with Crippen LogP contribution in [0.25, 0.3) is 0 Å². The Kier molecular flexibility index (Phi) is 9.80. The predicted octanol–water partition coefficient (Wildman–Crippen LogP) is 1.32. The van der Waals surface area contributed by atoms with Gasteiger partial charge in [-0.2, -0.15) is 0 Å². The van der Waals surface area contributed by atoms with Crippen molar-refractivity contribution in [1.29, 1.82) is 0 Å². The maximum absolute atomic E-state index is 11.1. The molecule has 21 atom stereocenters. The molecule has 0 aromatic rings. The van der Waals surface area contributed by atoms with Crippen molar-refractivity contribution in [3.63, 3.8) is 0 Å². The Hall–Kier alpha value is -0.780. The van der Waals surface area contributed by atoms with Gasteiger partial charge < -0.3 is 64.2 Å². The van der Waals surface area contributed by atoms with Gasteiger partial charge in [0.2, 0.25) is 0 Å². The molecule has 0 radical (unpaired) electrons. The van der Waals surface area contributed by atoms with Gasteiger partial charge in [-0.25, -0.2) is 0 Å². The number of allylic oxidation sites excluding steroid dienone is 1. The van der Waals surface area contributed by atoms with Gasteiger partial charge in [-0.3, -0.25) is 0 Å². The first kappa shape index (κ1) is 37.2. The van der Waals surface area contributed by atoms with Crippen LogP contribution >= 0.6 is 0 Å². The normalized spacial score (nSPS) is 58.4. The van der Waals surface area contributed by atoms with E-state index in [0.717, 1.165) is 45.1 Å². The van der Waals surface area contributed by atoms with Gasteiger partial charge in [0.1, 0.15) is 42.7 Å². The van der Waals surface area contributed by atoms with Crippen molar-refractivity contribution in [3.05, 3.63) is 11.6 Å². The Morgan fingerprint density at radius 1 is 0.824 bits per heavy atom. The van der Waals surface area contributed by atoms with Crippen LogP contribution in [0.5, 0.6) is 0 Å². The molecule has 0 aromatic heterocycles. The van der Waals surface area contributed by atoms with E-state index in [1.165, 1.54) is 18.4 Å². The molecule has 0 aromatic carbocycles. The lowest BCUT2D eigenvalue weighted by molar-refractivity contribution is -0.388. The summed E-state index contributed by atoms with van der Waals surface area (Å²) in [6.45, 7) is 9.83. The number of rotatable bonds is 5. The average Bonchev–Trinajstić information content (AvgIpc) is 3.56. The van der Waals surface area contributed by atoms with Crippen molar-refractivity contribution >= 4 is 0 Å². The van der Waals surface area contributed by atoms with Gasteiger partial charge >= 0.3 is 0 Å². The highest BCUT2D eigenvalue weighted by molar-refractivity contribution is 5.26. The molecule has 0 bridgehead atoms. The molecule has 4 aliphatic heterocycles. The zero-order valence-electron chi connectivity index (χ0n) is 30.3. The fraction of sp³-hybridized carbons (Fsp3) is 0.947.